The summed E-state index contributed by atoms with van der Waals surface area (Å²) in [4.78, 5) is 24.2. The number of carbonyl (C=O) groups is 1. The highest BCUT2D eigenvalue weighted by atomic mass is 32.1. The maximum Gasteiger partial charge on any atom is 0.389 e. The number of thiocarbonyl (C=S) groups is 1. The van der Waals surface area contributed by atoms with Gasteiger partial charge in [-0.3, -0.25) is 9.69 Å². The van der Waals surface area contributed by atoms with Crippen LogP contribution in [-0.2, 0) is 16.1 Å². The number of furan rings is 1. The zero-order valence-electron chi connectivity index (χ0n) is 14.7. The van der Waals surface area contributed by atoms with E-state index in [0.717, 1.165) is 12.8 Å². The maximum atomic E-state index is 12.6. The zero-order valence-corrected chi connectivity index (χ0v) is 15.6. The van der Waals surface area contributed by atoms with Crippen molar-refractivity contribution in [3.8, 4) is 0 Å². The Morgan fingerprint density at radius 1 is 1.43 bits per heavy atom. The Labute approximate surface area is 164 Å². The number of aromatic nitrogens is 2. The second-order valence-corrected chi connectivity index (χ2v) is 6.86. The fraction of sp³-hybridized carbons (Fsp3) is 0.353. The van der Waals surface area contributed by atoms with Crippen molar-refractivity contribution in [1.82, 2.24) is 20.0 Å². The molecule has 2 saturated heterocycles. The van der Waals surface area contributed by atoms with E-state index in [2.05, 4.69) is 10.4 Å². The van der Waals surface area contributed by atoms with Crippen molar-refractivity contribution >= 4 is 35.1 Å². The summed E-state index contributed by atoms with van der Waals surface area (Å²) in [6, 6.07) is 4.75. The van der Waals surface area contributed by atoms with Gasteiger partial charge < -0.3 is 24.6 Å². The molecule has 2 aliphatic rings. The predicted octanol–water partition coefficient (Wildman–Crippen LogP) is 1.67. The number of nitrogens with one attached hydrogen (secondary N) is 1. The lowest BCUT2D eigenvalue weighted by Crippen LogP contribution is -2.37. The normalized spacial score (nSPS) is 20.9. The van der Waals surface area contributed by atoms with Gasteiger partial charge in [-0.1, -0.05) is 0 Å². The molecule has 11 heteroatoms. The number of ether oxygens (including phenoxy) is 1. The van der Waals surface area contributed by atoms with Gasteiger partial charge in [-0.15, -0.1) is 0 Å². The molecular weight excluding hydrogens is 386 g/mol. The van der Waals surface area contributed by atoms with Gasteiger partial charge in [-0.05, 0) is 42.1 Å². The lowest BCUT2D eigenvalue weighted by atomic mass is 10.2. The molecule has 2 aromatic heterocycles. The fourth-order valence-electron chi connectivity index (χ4n) is 3.12. The van der Waals surface area contributed by atoms with E-state index in [1.165, 1.54) is 21.8 Å². The molecule has 4 rings (SSSR count). The van der Waals surface area contributed by atoms with Crippen LogP contribution in [0.1, 0.15) is 24.4 Å². The third kappa shape index (κ3) is 3.80. The Bertz CT molecular complexity index is 959. The molecule has 0 aromatic carbocycles. The van der Waals surface area contributed by atoms with Gasteiger partial charge in [-0.2, -0.15) is 4.68 Å². The lowest BCUT2D eigenvalue weighted by Gasteiger charge is -2.18. The first kappa shape index (κ1) is 18.3. The van der Waals surface area contributed by atoms with E-state index in [-0.39, 0.29) is 24.4 Å². The standard InChI is InChI=1S/C17H17N5O5S/c23-16-14(18-17(28)21(16)10-12-2-1-7-26-12)8-11-3-4-13(27-11)9-20-6-5-15(19-20)22(24)25/h3-6,8,12H,1-2,7,9-10H2,(H,18,28)/b14-8+. The van der Waals surface area contributed by atoms with Gasteiger partial charge in [0, 0.05) is 12.7 Å². The molecule has 0 spiro atoms. The molecule has 146 valence electrons. The minimum atomic E-state index is -0.558. The molecule has 1 amide bonds. The maximum absolute atomic E-state index is 12.6. The molecular formula is C17H17N5O5S. The van der Waals surface area contributed by atoms with Crippen molar-refractivity contribution in [2.75, 3.05) is 13.2 Å². The van der Waals surface area contributed by atoms with Crippen LogP contribution in [-0.4, -0.2) is 49.9 Å². The molecule has 1 N–H and O–H groups in total. The average molecular weight is 403 g/mol. The summed E-state index contributed by atoms with van der Waals surface area (Å²) in [6.45, 7) is 1.38. The molecule has 2 fully saturated rings. The van der Waals surface area contributed by atoms with Gasteiger partial charge in [0.25, 0.3) is 5.91 Å². The molecule has 1 atom stereocenters. The molecule has 2 aliphatic heterocycles. The molecule has 0 bridgehead atoms. The first-order valence-electron chi connectivity index (χ1n) is 8.72. The van der Waals surface area contributed by atoms with E-state index in [9.17, 15) is 14.9 Å². The number of amides is 1. The Balaban J connectivity index is 1.43. The average Bonchev–Trinajstić information content (AvgIpc) is 3.43. The van der Waals surface area contributed by atoms with Gasteiger partial charge in [0.15, 0.2) is 5.11 Å². The summed E-state index contributed by atoms with van der Waals surface area (Å²) in [5.41, 5.74) is 0.332. The zero-order chi connectivity index (χ0) is 19.7. The van der Waals surface area contributed by atoms with Gasteiger partial charge in [0.05, 0.1) is 30.0 Å². The van der Waals surface area contributed by atoms with Crippen molar-refractivity contribution in [3.05, 3.63) is 51.7 Å². The SMILES string of the molecule is O=C1/C(=C\c2ccc(Cn3ccc([N+](=O)[O-])n3)o2)NC(=S)N1CC1CCCO1. The van der Waals surface area contributed by atoms with Gasteiger partial charge in [0.1, 0.15) is 23.8 Å². The van der Waals surface area contributed by atoms with Gasteiger partial charge in [-0.25, -0.2) is 0 Å². The Morgan fingerprint density at radius 2 is 2.29 bits per heavy atom. The van der Waals surface area contributed by atoms with Crippen LogP contribution >= 0.6 is 12.2 Å². The highest BCUT2D eigenvalue weighted by Gasteiger charge is 2.33. The number of carbonyl (C=O) groups excluding carboxylic acids is 1. The first-order valence-corrected chi connectivity index (χ1v) is 9.13. The van der Waals surface area contributed by atoms with Gasteiger partial charge >= 0.3 is 5.82 Å². The Kier molecular flexibility index (Phi) is 4.92. The second kappa shape index (κ2) is 7.52. The number of nitro groups is 1. The summed E-state index contributed by atoms with van der Waals surface area (Å²) >= 11 is 5.26. The minimum Gasteiger partial charge on any atom is -0.460 e. The van der Waals surface area contributed by atoms with E-state index in [1.807, 2.05) is 0 Å². The summed E-state index contributed by atoms with van der Waals surface area (Å²) in [6.07, 6.45) is 5.00. The minimum absolute atomic E-state index is 0.0105. The van der Waals surface area contributed by atoms with E-state index in [0.29, 0.717) is 35.5 Å². The molecule has 10 nitrogen and oxygen atoms in total. The Hall–Kier alpha value is -3.05. The molecule has 1 unspecified atom stereocenters. The van der Waals surface area contributed by atoms with E-state index in [1.54, 1.807) is 18.2 Å². The predicted molar refractivity (Wildman–Crippen MR) is 101 cm³/mol. The number of hydrogen-bond donors (Lipinski definition) is 1. The van der Waals surface area contributed by atoms with Crippen molar-refractivity contribution in [1.29, 1.82) is 0 Å². The quantitative estimate of drug-likeness (QED) is 0.335. The largest absolute Gasteiger partial charge is 0.460 e. The Morgan fingerprint density at radius 3 is 3.00 bits per heavy atom. The summed E-state index contributed by atoms with van der Waals surface area (Å²) in [5.74, 6) is 0.569. The number of hydrogen-bond acceptors (Lipinski definition) is 7. The number of rotatable bonds is 6. The molecule has 0 saturated carbocycles. The van der Waals surface area contributed by atoms with Crippen molar-refractivity contribution in [3.63, 3.8) is 0 Å². The van der Waals surface area contributed by atoms with Crippen LogP contribution in [0.15, 0.2) is 34.5 Å². The smallest absolute Gasteiger partial charge is 0.389 e. The van der Waals surface area contributed by atoms with Crippen LogP contribution in [0, 0.1) is 10.1 Å². The third-order valence-electron chi connectivity index (χ3n) is 4.47. The van der Waals surface area contributed by atoms with E-state index >= 15 is 0 Å². The summed E-state index contributed by atoms with van der Waals surface area (Å²) < 4.78 is 12.7. The monoisotopic (exact) mass is 403 g/mol. The molecule has 2 aromatic rings. The van der Waals surface area contributed by atoms with Crippen LogP contribution in [0.25, 0.3) is 6.08 Å². The highest BCUT2D eigenvalue weighted by Crippen LogP contribution is 2.20. The lowest BCUT2D eigenvalue weighted by molar-refractivity contribution is -0.389. The van der Waals surface area contributed by atoms with Crippen molar-refractivity contribution < 1.29 is 18.9 Å². The van der Waals surface area contributed by atoms with Crippen LogP contribution in [0.2, 0.25) is 0 Å². The van der Waals surface area contributed by atoms with E-state index < -0.39 is 4.92 Å². The van der Waals surface area contributed by atoms with E-state index in [4.69, 9.17) is 21.4 Å². The van der Waals surface area contributed by atoms with Crippen LogP contribution < -0.4 is 5.32 Å². The van der Waals surface area contributed by atoms with Crippen LogP contribution in [0.5, 0.6) is 0 Å². The van der Waals surface area contributed by atoms with Gasteiger partial charge in [0.2, 0.25) is 0 Å². The molecule has 28 heavy (non-hydrogen) atoms. The second-order valence-electron chi connectivity index (χ2n) is 6.47. The van der Waals surface area contributed by atoms with Crippen LogP contribution in [0.3, 0.4) is 0 Å². The topological polar surface area (TPSA) is 116 Å². The molecule has 4 heterocycles. The van der Waals surface area contributed by atoms with Crippen molar-refractivity contribution in [2.45, 2.75) is 25.5 Å². The number of nitrogens with zero attached hydrogens (tertiary/aromatic N) is 4. The summed E-state index contributed by atoms with van der Waals surface area (Å²) in [7, 11) is 0. The van der Waals surface area contributed by atoms with Crippen molar-refractivity contribution in [2.24, 2.45) is 0 Å². The fourth-order valence-corrected chi connectivity index (χ4v) is 3.39. The highest BCUT2D eigenvalue weighted by molar-refractivity contribution is 7.80. The third-order valence-corrected chi connectivity index (χ3v) is 4.80. The van der Waals surface area contributed by atoms with Crippen LogP contribution in [0.4, 0.5) is 5.82 Å². The molecule has 0 aliphatic carbocycles. The molecule has 0 radical (unpaired) electrons. The summed E-state index contributed by atoms with van der Waals surface area (Å²) in [5, 5.41) is 17.8. The first-order chi connectivity index (χ1) is 13.5.